The van der Waals surface area contributed by atoms with E-state index in [2.05, 4.69) is 72.4 Å². The van der Waals surface area contributed by atoms with Crippen molar-refractivity contribution >= 4 is 30.4 Å². The van der Waals surface area contributed by atoms with E-state index in [1.54, 1.807) is 0 Å². The van der Waals surface area contributed by atoms with Crippen molar-refractivity contribution in [3.8, 4) is 0 Å². The molecule has 3 fully saturated rings. The first-order chi connectivity index (χ1) is 20.7. The van der Waals surface area contributed by atoms with Crippen molar-refractivity contribution in [2.45, 2.75) is 97.8 Å². The Kier molecular flexibility index (Phi) is 8.71. The Labute approximate surface area is 265 Å². The van der Waals surface area contributed by atoms with Gasteiger partial charge in [0, 0.05) is 23.2 Å². The lowest BCUT2D eigenvalue weighted by Crippen LogP contribution is -2.67. The molecule has 2 aromatic carbocycles. The second kappa shape index (κ2) is 11.7. The molecule has 0 spiro atoms. The Balaban J connectivity index is 1.53. The number of carbonyl (C=O) groups is 2. The van der Waals surface area contributed by atoms with Crippen LogP contribution in [0, 0.1) is 34.0 Å². The Morgan fingerprint density at radius 3 is 2.11 bits per heavy atom. The van der Waals surface area contributed by atoms with E-state index >= 15 is 0 Å². The van der Waals surface area contributed by atoms with Gasteiger partial charge in [0.15, 0.2) is 0 Å². The Hall–Kier alpha value is -2.54. The molecule has 0 aliphatic heterocycles. The lowest BCUT2D eigenvalue weighted by molar-refractivity contribution is -0.207. The van der Waals surface area contributed by atoms with Gasteiger partial charge in [-0.3, -0.25) is 4.79 Å². The van der Waals surface area contributed by atoms with E-state index in [-0.39, 0.29) is 40.6 Å². The fourth-order valence-corrected chi connectivity index (χ4v) is 14.1. The van der Waals surface area contributed by atoms with Crippen LogP contribution in [-0.2, 0) is 18.8 Å². The number of hydrogen-bond acceptors (Lipinski definition) is 5. The minimum Gasteiger partial charge on any atom is -0.460 e. The van der Waals surface area contributed by atoms with E-state index in [0.29, 0.717) is 12.8 Å². The number of ketones is 1. The van der Waals surface area contributed by atoms with Gasteiger partial charge in [-0.2, -0.15) is 0 Å². The minimum absolute atomic E-state index is 0.0658. The van der Waals surface area contributed by atoms with Gasteiger partial charge >= 0.3 is 5.97 Å². The standard InChI is InChI=1S/C38H52O5Si/c1-9-36(7)24-31(37(8)26(2)20-22-38(27(3)34(36)41)23-21-30(39)33(37)38)43-32(40)25-42-44(35(4,5)6,28-16-12-10-13-17-28)29-18-14-11-15-19-29/h9-19,26-27,31,33-34,41H,1,20-25H2,2-8H3/t26-,27-,31-,33?,34+,36-,37+,38?/m1/s1. The number of Topliss-reactive ketones (excluding diaryl/α,β-unsaturated/α-hetero) is 1. The van der Waals surface area contributed by atoms with Crippen LogP contribution in [0.2, 0.25) is 5.04 Å². The van der Waals surface area contributed by atoms with Crippen molar-refractivity contribution in [1.29, 1.82) is 0 Å². The second-order valence-electron chi connectivity index (χ2n) is 15.5. The maximum atomic E-state index is 14.1. The van der Waals surface area contributed by atoms with Crippen LogP contribution in [0.3, 0.4) is 0 Å². The van der Waals surface area contributed by atoms with E-state index in [4.69, 9.17) is 9.16 Å². The summed E-state index contributed by atoms with van der Waals surface area (Å²) in [6.45, 7) is 19.0. The van der Waals surface area contributed by atoms with Gasteiger partial charge in [-0.25, -0.2) is 4.79 Å². The molecule has 5 rings (SSSR count). The molecule has 0 amide bonds. The maximum Gasteiger partial charge on any atom is 0.331 e. The minimum atomic E-state index is -2.95. The average Bonchev–Trinajstić information content (AvgIpc) is 3.36. The molecule has 2 aromatic rings. The molecule has 2 bridgehead atoms. The van der Waals surface area contributed by atoms with Crippen molar-refractivity contribution in [2.75, 3.05) is 6.61 Å². The third kappa shape index (κ3) is 4.96. The fraction of sp³-hybridized carbons (Fsp3) is 0.579. The summed E-state index contributed by atoms with van der Waals surface area (Å²) in [4.78, 5) is 27.8. The van der Waals surface area contributed by atoms with E-state index in [0.717, 1.165) is 29.6 Å². The summed E-state index contributed by atoms with van der Waals surface area (Å²) in [6, 6.07) is 20.6. The highest BCUT2D eigenvalue weighted by atomic mass is 28.4. The van der Waals surface area contributed by atoms with Crippen LogP contribution in [0.1, 0.15) is 80.6 Å². The highest BCUT2D eigenvalue weighted by Crippen LogP contribution is 2.68. The van der Waals surface area contributed by atoms with Crippen LogP contribution in [0.25, 0.3) is 0 Å². The zero-order chi connectivity index (χ0) is 32.1. The lowest BCUT2D eigenvalue weighted by atomic mass is 9.44. The van der Waals surface area contributed by atoms with Gasteiger partial charge in [0.1, 0.15) is 18.5 Å². The Morgan fingerprint density at radius 2 is 1.59 bits per heavy atom. The number of hydrogen-bond donors (Lipinski definition) is 1. The smallest absolute Gasteiger partial charge is 0.331 e. The third-order valence-corrected chi connectivity index (χ3v) is 17.4. The first-order valence-electron chi connectivity index (χ1n) is 16.5. The van der Waals surface area contributed by atoms with Crippen LogP contribution >= 0.6 is 0 Å². The number of benzene rings is 2. The summed E-state index contributed by atoms with van der Waals surface area (Å²) in [5.74, 6) is -0.316. The van der Waals surface area contributed by atoms with Crippen molar-refractivity contribution in [3.05, 3.63) is 73.3 Å². The fourth-order valence-electron chi connectivity index (χ4n) is 9.62. The maximum absolute atomic E-state index is 14.1. The number of rotatable bonds is 7. The topological polar surface area (TPSA) is 72.8 Å². The lowest BCUT2D eigenvalue weighted by Gasteiger charge is -2.61. The van der Waals surface area contributed by atoms with Crippen molar-refractivity contribution in [3.63, 3.8) is 0 Å². The highest BCUT2D eigenvalue weighted by Gasteiger charge is 2.68. The number of ether oxygens (including phenoxy) is 1. The number of aliphatic hydroxyl groups is 1. The molecule has 1 N–H and O–H groups in total. The zero-order valence-corrected chi connectivity index (χ0v) is 28.8. The van der Waals surface area contributed by atoms with Crippen LogP contribution in [0.15, 0.2) is 73.3 Å². The SMILES string of the molecule is C=C[C@]1(C)C[C@@H](OC(=O)CO[Si](c2ccccc2)(c2ccccc2)C(C)(C)C)[C@@]2(C)C3C(=O)CCC3(CC[C@H]2C)[C@H](C)[C@@H]1O. The molecule has 0 saturated heterocycles. The van der Waals surface area contributed by atoms with Gasteiger partial charge in [0.25, 0.3) is 8.32 Å². The molecular formula is C38H52O5Si. The average molecular weight is 617 g/mol. The Bertz CT molecular complexity index is 1330. The molecule has 5 nitrogen and oxygen atoms in total. The molecule has 3 aliphatic carbocycles. The molecule has 6 heteroatoms. The number of carbonyl (C=O) groups excluding carboxylic acids is 2. The normalized spacial score (nSPS) is 35.7. The molecule has 0 heterocycles. The molecule has 238 valence electrons. The molecule has 0 aromatic heterocycles. The van der Waals surface area contributed by atoms with Gasteiger partial charge in [0.2, 0.25) is 0 Å². The van der Waals surface area contributed by atoms with E-state index < -0.39 is 37.3 Å². The molecule has 8 atom stereocenters. The summed E-state index contributed by atoms with van der Waals surface area (Å²) in [5, 5.41) is 13.8. The third-order valence-electron chi connectivity index (χ3n) is 12.4. The molecule has 44 heavy (non-hydrogen) atoms. The monoisotopic (exact) mass is 616 g/mol. The number of esters is 1. The zero-order valence-electron chi connectivity index (χ0n) is 27.8. The van der Waals surface area contributed by atoms with Crippen molar-refractivity contribution in [1.82, 2.24) is 0 Å². The molecule has 0 radical (unpaired) electrons. The summed E-state index contributed by atoms with van der Waals surface area (Å²) < 4.78 is 13.5. The molecule has 3 aliphatic rings. The van der Waals surface area contributed by atoms with Crippen LogP contribution in [0.5, 0.6) is 0 Å². The van der Waals surface area contributed by atoms with Crippen molar-refractivity contribution < 1.29 is 23.9 Å². The Morgan fingerprint density at radius 1 is 1.02 bits per heavy atom. The number of aliphatic hydroxyl groups excluding tert-OH is 1. The molecule has 3 saturated carbocycles. The highest BCUT2D eigenvalue weighted by molar-refractivity contribution is 6.99. The molecule has 2 unspecified atom stereocenters. The summed E-state index contributed by atoms with van der Waals surface area (Å²) >= 11 is 0. The first kappa shape index (κ1) is 32.8. The van der Waals surface area contributed by atoms with E-state index in [1.807, 2.05) is 49.4 Å². The largest absolute Gasteiger partial charge is 0.460 e. The quantitative estimate of drug-likeness (QED) is 0.219. The van der Waals surface area contributed by atoms with Gasteiger partial charge in [-0.15, -0.1) is 6.58 Å². The second-order valence-corrected chi connectivity index (χ2v) is 19.8. The molecular weight excluding hydrogens is 564 g/mol. The van der Waals surface area contributed by atoms with Gasteiger partial charge in [0.05, 0.1) is 6.10 Å². The van der Waals surface area contributed by atoms with Gasteiger partial charge in [-0.05, 0) is 58.3 Å². The van der Waals surface area contributed by atoms with Gasteiger partial charge in [-0.1, -0.05) is 115 Å². The predicted octanol–water partition coefficient (Wildman–Crippen LogP) is 6.47. The summed E-state index contributed by atoms with van der Waals surface area (Å²) in [6.07, 6.45) is 4.14. The first-order valence-corrected chi connectivity index (χ1v) is 18.4. The van der Waals surface area contributed by atoms with Crippen molar-refractivity contribution in [2.24, 2.45) is 34.0 Å². The van der Waals surface area contributed by atoms with E-state index in [9.17, 15) is 14.7 Å². The summed E-state index contributed by atoms with van der Waals surface area (Å²) in [5.41, 5.74) is -1.54. The van der Waals surface area contributed by atoms with Gasteiger partial charge < -0.3 is 14.3 Å². The van der Waals surface area contributed by atoms with Crippen LogP contribution in [0.4, 0.5) is 0 Å². The van der Waals surface area contributed by atoms with Crippen LogP contribution < -0.4 is 10.4 Å². The van der Waals surface area contributed by atoms with E-state index in [1.165, 1.54) is 0 Å². The van der Waals surface area contributed by atoms with Crippen LogP contribution in [-0.4, -0.2) is 44.0 Å². The summed E-state index contributed by atoms with van der Waals surface area (Å²) in [7, 11) is -2.95. The predicted molar refractivity (Wildman–Crippen MR) is 178 cm³/mol.